The molecule has 4 aromatic rings. The number of aromatic carboxylic acids is 1. The summed E-state index contributed by atoms with van der Waals surface area (Å²) in [5.74, 6) is 0.130. The highest BCUT2D eigenvalue weighted by molar-refractivity contribution is 7.80. The number of rotatable bonds is 6. The molecule has 2 aromatic heterocycles. The zero-order valence-electron chi connectivity index (χ0n) is 17.9. The van der Waals surface area contributed by atoms with Gasteiger partial charge in [0.15, 0.2) is 5.11 Å². The number of halogens is 1. The summed E-state index contributed by atoms with van der Waals surface area (Å²) >= 11 is 12.1. The third kappa shape index (κ3) is 4.27. The second-order valence-corrected chi connectivity index (χ2v) is 8.74. The minimum Gasteiger partial charge on any atom is -0.478 e. The Labute approximate surface area is 206 Å². The first-order valence-electron chi connectivity index (χ1n) is 10.7. The van der Waals surface area contributed by atoms with Gasteiger partial charge in [0, 0.05) is 18.3 Å². The first-order chi connectivity index (χ1) is 16.5. The maximum atomic E-state index is 11.5. The van der Waals surface area contributed by atoms with Gasteiger partial charge in [0.1, 0.15) is 17.6 Å². The van der Waals surface area contributed by atoms with E-state index < -0.39 is 5.97 Å². The second kappa shape index (κ2) is 9.29. The number of hydrogen-bond donors (Lipinski definition) is 2. The molecule has 1 saturated heterocycles. The van der Waals surface area contributed by atoms with E-state index >= 15 is 0 Å². The van der Waals surface area contributed by atoms with E-state index in [1.807, 2.05) is 42.5 Å². The molecule has 1 aliphatic heterocycles. The molecule has 0 unspecified atom stereocenters. The highest BCUT2D eigenvalue weighted by Gasteiger charge is 2.41. The van der Waals surface area contributed by atoms with Crippen LogP contribution in [0.2, 0.25) is 5.02 Å². The molecule has 170 valence electrons. The van der Waals surface area contributed by atoms with Gasteiger partial charge in [-0.1, -0.05) is 48.0 Å². The summed E-state index contributed by atoms with van der Waals surface area (Å²) in [4.78, 5) is 18.1. The molecular weight excluding hydrogens is 470 g/mol. The van der Waals surface area contributed by atoms with Crippen LogP contribution in [0.5, 0.6) is 0 Å². The number of benzene rings is 2. The first-order valence-corrected chi connectivity index (χ1v) is 11.4. The molecule has 1 aliphatic rings. The number of carboxylic acids is 1. The zero-order chi connectivity index (χ0) is 23.7. The molecule has 3 heterocycles. The summed E-state index contributed by atoms with van der Waals surface area (Å²) in [6.07, 6.45) is 1.75. The number of hydrogen-bond acceptors (Lipinski definition) is 4. The Morgan fingerprint density at radius 1 is 1.09 bits per heavy atom. The van der Waals surface area contributed by atoms with Gasteiger partial charge in [0.25, 0.3) is 0 Å². The topological polar surface area (TPSA) is 78.6 Å². The van der Waals surface area contributed by atoms with E-state index in [0.29, 0.717) is 33.8 Å². The van der Waals surface area contributed by atoms with Crippen LogP contribution >= 0.6 is 23.8 Å². The van der Waals surface area contributed by atoms with Crippen LogP contribution in [0.1, 0.15) is 39.5 Å². The summed E-state index contributed by atoms with van der Waals surface area (Å²) in [7, 11) is 0. The van der Waals surface area contributed by atoms with Crippen LogP contribution < -0.4 is 5.32 Å². The highest BCUT2D eigenvalue weighted by Crippen LogP contribution is 2.42. The largest absolute Gasteiger partial charge is 0.478 e. The number of nitrogens with one attached hydrogen (secondary N) is 1. The predicted octanol–water partition coefficient (Wildman–Crippen LogP) is 5.87. The summed E-state index contributed by atoms with van der Waals surface area (Å²) in [5, 5.41) is 13.8. The van der Waals surface area contributed by atoms with E-state index in [0.717, 1.165) is 11.3 Å². The SMILES string of the molecule is O=C(O)c1ccc(Cl)c(-c2ccc([C@H]3[C@H](c4ccccn4)NC(=S)N3Cc3ccccc3)o2)c1. The van der Waals surface area contributed by atoms with Gasteiger partial charge in [-0.25, -0.2) is 4.79 Å². The summed E-state index contributed by atoms with van der Waals surface area (Å²) in [5.41, 5.74) is 2.61. The zero-order valence-corrected chi connectivity index (χ0v) is 19.5. The van der Waals surface area contributed by atoms with Crippen molar-refractivity contribution in [2.24, 2.45) is 0 Å². The Morgan fingerprint density at radius 3 is 2.62 bits per heavy atom. The van der Waals surface area contributed by atoms with Crippen molar-refractivity contribution in [2.45, 2.75) is 18.6 Å². The van der Waals surface area contributed by atoms with E-state index in [4.69, 9.17) is 28.2 Å². The Kier molecular flexibility index (Phi) is 6.04. The molecule has 5 rings (SSSR count). The maximum absolute atomic E-state index is 11.5. The average Bonchev–Trinajstić information content (AvgIpc) is 3.45. The van der Waals surface area contributed by atoms with E-state index in [1.54, 1.807) is 18.3 Å². The molecule has 0 bridgehead atoms. The van der Waals surface area contributed by atoms with Crippen molar-refractivity contribution < 1.29 is 14.3 Å². The van der Waals surface area contributed by atoms with Gasteiger partial charge < -0.3 is 19.7 Å². The Morgan fingerprint density at radius 2 is 1.88 bits per heavy atom. The number of carboxylic acid groups (broad SMARTS) is 1. The standard InChI is InChI=1S/C26H20ClN3O3S/c27-19-10-9-17(25(31)32)14-18(19)21-11-12-22(33-21)24-23(20-8-4-5-13-28-20)29-26(34)30(24)15-16-6-2-1-3-7-16/h1-14,23-24H,15H2,(H,29,34)(H,31,32)/t23-,24-/m0/s1. The van der Waals surface area contributed by atoms with Crippen molar-refractivity contribution in [3.63, 3.8) is 0 Å². The predicted molar refractivity (Wildman–Crippen MR) is 134 cm³/mol. The van der Waals surface area contributed by atoms with Crippen LogP contribution in [-0.4, -0.2) is 26.1 Å². The maximum Gasteiger partial charge on any atom is 0.335 e. The van der Waals surface area contributed by atoms with Gasteiger partial charge in [-0.15, -0.1) is 0 Å². The number of furan rings is 1. The normalized spacial score (nSPS) is 17.6. The molecule has 0 amide bonds. The quantitative estimate of drug-likeness (QED) is 0.328. The van der Waals surface area contributed by atoms with Gasteiger partial charge in [-0.2, -0.15) is 0 Å². The lowest BCUT2D eigenvalue weighted by molar-refractivity contribution is 0.0697. The van der Waals surface area contributed by atoms with Gasteiger partial charge in [0.2, 0.25) is 0 Å². The Hall–Kier alpha value is -3.68. The van der Waals surface area contributed by atoms with Crippen molar-refractivity contribution in [1.82, 2.24) is 15.2 Å². The fourth-order valence-electron chi connectivity index (χ4n) is 4.17. The van der Waals surface area contributed by atoms with Crippen LogP contribution in [0, 0.1) is 0 Å². The molecular formula is C26H20ClN3O3S. The summed E-state index contributed by atoms with van der Waals surface area (Å²) in [6, 6.07) is 23.6. The third-order valence-electron chi connectivity index (χ3n) is 5.79. The molecule has 8 heteroatoms. The third-order valence-corrected chi connectivity index (χ3v) is 6.47. The molecule has 2 N–H and O–H groups in total. The van der Waals surface area contributed by atoms with Crippen molar-refractivity contribution >= 4 is 34.9 Å². The molecule has 0 saturated carbocycles. The van der Waals surface area contributed by atoms with Crippen molar-refractivity contribution in [1.29, 1.82) is 0 Å². The first kappa shape index (κ1) is 22.1. The second-order valence-electron chi connectivity index (χ2n) is 7.94. The fourth-order valence-corrected chi connectivity index (χ4v) is 4.68. The summed E-state index contributed by atoms with van der Waals surface area (Å²) in [6.45, 7) is 0.589. The van der Waals surface area contributed by atoms with Crippen LogP contribution in [-0.2, 0) is 6.54 Å². The van der Waals surface area contributed by atoms with E-state index in [2.05, 4.69) is 27.3 Å². The lowest BCUT2D eigenvalue weighted by atomic mass is 10.0. The smallest absolute Gasteiger partial charge is 0.335 e. The molecule has 2 aromatic carbocycles. The lowest BCUT2D eigenvalue weighted by Crippen LogP contribution is -2.29. The fraction of sp³-hybridized carbons (Fsp3) is 0.115. The molecule has 0 radical (unpaired) electrons. The molecule has 0 aliphatic carbocycles. The minimum atomic E-state index is -1.03. The van der Waals surface area contributed by atoms with Gasteiger partial charge in [0.05, 0.1) is 22.3 Å². The number of carbonyl (C=O) groups is 1. The Balaban J connectivity index is 1.56. The number of thiocarbonyl (C=S) groups is 1. The van der Waals surface area contributed by atoms with E-state index in [-0.39, 0.29) is 17.6 Å². The number of aromatic nitrogens is 1. The van der Waals surface area contributed by atoms with Crippen molar-refractivity contribution in [3.05, 3.63) is 113 Å². The molecule has 34 heavy (non-hydrogen) atoms. The summed E-state index contributed by atoms with van der Waals surface area (Å²) < 4.78 is 6.29. The van der Waals surface area contributed by atoms with Crippen LogP contribution in [0.15, 0.2) is 89.5 Å². The minimum absolute atomic E-state index is 0.137. The number of nitrogens with zero attached hydrogens (tertiary/aromatic N) is 2. The Bertz CT molecular complexity index is 1340. The van der Waals surface area contributed by atoms with Gasteiger partial charge in [-0.05, 0) is 60.2 Å². The van der Waals surface area contributed by atoms with Crippen molar-refractivity contribution in [2.75, 3.05) is 0 Å². The molecule has 6 nitrogen and oxygen atoms in total. The monoisotopic (exact) mass is 489 g/mol. The van der Waals surface area contributed by atoms with Crippen LogP contribution in [0.4, 0.5) is 0 Å². The van der Waals surface area contributed by atoms with E-state index in [1.165, 1.54) is 12.1 Å². The van der Waals surface area contributed by atoms with Crippen LogP contribution in [0.3, 0.4) is 0 Å². The number of pyridine rings is 1. The van der Waals surface area contributed by atoms with E-state index in [9.17, 15) is 9.90 Å². The van der Waals surface area contributed by atoms with Crippen LogP contribution in [0.25, 0.3) is 11.3 Å². The average molecular weight is 490 g/mol. The van der Waals surface area contributed by atoms with Gasteiger partial charge >= 0.3 is 5.97 Å². The lowest BCUT2D eigenvalue weighted by Gasteiger charge is -2.26. The molecule has 1 fully saturated rings. The van der Waals surface area contributed by atoms with Crippen molar-refractivity contribution in [3.8, 4) is 11.3 Å². The van der Waals surface area contributed by atoms with Gasteiger partial charge in [-0.3, -0.25) is 4.98 Å². The molecule has 2 atom stereocenters. The highest BCUT2D eigenvalue weighted by atomic mass is 35.5. The molecule has 0 spiro atoms.